The Labute approximate surface area is 126 Å². The van der Waals surface area contributed by atoms with Crippen molar-refractivity contribution in [1.82, 2.24) is 9.88 Å². The van der Waals surface area contributed by atoms with Gasteiger partial charge in [0.05, 0.1) is 18.2 Å². The lowest BCUT2D eigenvalue weighted by atomic mass is 9.82. The van der Waals surface area contributed by atoms with Crippen LogP contribution in [0.2, 0.25) is 0 Å². The van der Waals surface area contributed by atoms with Gasteiger partial charge in [-0.2, -0.15) is 0 Å². The first-order valence-corrected chi connectivity index (χ1v) is 8.11. The van der Waals surface area contributed by atoms with Gasteiger partial charge >= 0.3 is 0 Å². The second-order valence-electron chi connectivity index (χ2n) is 6.05. The molecule has 0 N–H and O–H groups in total. The van der Waals surface area contributed by atoms with Gasteiger partial charge in [0.25, 0.3) is 0 Å². The number of carbonyl (C=O) groups is 1. The molecule has 2 aliphatic rings. The fourth-order valence-electron chi connectivity index (χ4n) is 3.50. The maximum absolute atomic E-state index is 12.9. The van der Waals surface area contributed by atoms with Gasteiger partial charge in [-0.25, -0.2) is 0 Å². The minimum absolute atomic E-state index is 0.0680. The number of fused-ring (bicyclic) bond motifs is 1. The zero-order valence-corrected chi connectivity index (χ0v) is 12.8. The zero-order valence-electron chi connectivity index (χ0n) is 12.8. The van der Waals surface area contributed by atoms with Crippen LogP contribution in [0.3, 0.4) is 0 Å². The maximum Gasteiger partial charge on any atom is 0.171 e. The van der Waals surface area contributed by atoms with E-state index in [4.69, 9.17) is 4.74 Å². The number of pyridine rings is 1. The summed E-state index contributed by atoms with van der Waals surface area (Å²) in [4.78, 5) is 19.7. The molecule has 2 heterocycles. The van der Waals surface area contributed by atoms with Crippen LogP contribution in [0.15, 0.2) is 18.3 Å². The first-order valence-electron chi connectivity index (χ1n) is 8.11. The van der Waals surface area contributed by atoms with Crippen LogP contribution in [0.1, 0.15) is 43.4 Å². The smallest absolute Gasteiger partial charge is 0.171 e. The molecule has 0 spiro atoms. The Morgan fingerprint density at radius 2 is 2.43 bits per heavy atom. The number of Topliss-reactive ketones (excluding diaryl/α,β-unsaturated/α-hetero) is 1. The van der Waals surface area contributed by atoms with Crippen molar-refractivity contribution < 1.29 is 9.53 Å². The predicted molar refractivity (Wildman–Crippen MR) is 81.4 cm³/mol. The SMILES string of the molecule is CCCN1CCOC(C(=O)C2CCCc3cccnc32)C1. The van der Waals surface area contributed by atoms with E-state index in [0.29, 0.717) is 6.61 Å². The molecule has 0 saturated carbocycles. The normalized spacial score (nSPS) is 26.3. The Morgan fingerprint density at radius 1 is 1.52 bits per heavy atom. The van der Waals surface area contributed by atoms with E-state index in [1.165, 1.54) is 5.56 Å². The lowest BCUT2D eigenvalue weighted by Gasteiger charge is -2.34. The third-order valence-corrected chi connectivity index (χ3v) is 4.55. The monoisotopic (exact) mass is 288 g/mol. The Bertz CT molecular complexity index is 501. The van der Waals surface area contributed by atoms with E-state index in [-0.39, 0.29) is 17.8 Å². The molecular formula is C17H24N2O2. The van der Waals surface area contributed by atoms with Crippen molar-refractivity contribution in [3.05, 3.63) is 29.6 Å². The van der Waals surface area contributed by atoms with Crippen LogP contribution in [-0.4, -0.2) is 48.0 Å². The molecule has 4 nitrogen and oxygen atoms in total. The summed E-state index contributed by atoms with van der Waals surface area (Å²) < 4.78 is 5.77. The summed E-state index contributed by atoms with van der Waals surface area (Å²) in [6, 6.07) is 4.07. The van der Waals surface area contributed by atoms with Crippen molar-refractivity contribution in [1.29, 1.82) is 0 Å². The number of ether oxygens (including phenoxy) is 1. The van der Waals surface area contributed by atoms with Crippen LogP contribution in [0.4, 0.5) is 0 Å². The summed E-state index contributed by atoms with van der Waals surface area (Å²) in [5.74, 6) is 0.164. The predicted octanol–water partition coefficient (Wildman–Crippen LogP) is 2.18. The molecule has 1 aromatic heterocycles. The molecule has 1 fully saturated rings. The number of nitrogens with zero attached hydrogens (tertiary/aromatic N) is 2. The van der Waals surface area contributed by atoms with Crippen LogP contribution in [0.25, 0.3) is 0 Å². The molecule has 0 radical (unpaired) electrons. The van der Waals surface area contributed by atoms with Crippen molar-refractivity contribution in [3.8, 4) is 0 Å². The molecule has 21 heavy (non-hydrogen) atoms. The molecule has 1 saturated heterocycles. The van der Waals surface area contributed by atoms with Gasteiger partial charge in [-0.15, -0.1) is 0 Å². The van der Waals surface area contributed by atoms with E-state index in [2.05, 4.69) is 22.9 Å². The zero-order chi connectivity index (χ0) is 14.7. The minimum atomic E-state index is -0.275. The molecule has 0 amide bonds. The first kappa shape index (κ1) is 14.7. The molecule has 3 rings (SSSR count). The van der Waals surface area contributed by atoms with Crippen LogP contribution >= 0.6 is 0 Å². The highest BCUT2D eigenvalue weighted by atomic mass is 16.5. The van der Waals surface area contributed by atoms with Crippen LogP contribution in [-0.2, 0) is 16.0 Å². The number of ketones is 1. The van der Waals surface area contributed by atoms with Gasteiger partial charge in [-0.3, -0.25) is 14.7 Å². The fourth-order valence-corrected chi connectivity index (χ4v) is 3.50. The number of rotatable bonds is 4. The third kappa shape index (κ3) is 3.16. The molecule has 1 aliphatic carbocycles. The standard InChI is InChI=1S/C17H24N2O2/c1-2-9-19-10-11-21-15(12-19)17(20)14-7-3-5-13-6-4-8-18-16(13)14/h4,6,8,14-15H,2-3,5,7,9-12H2,1H3. The summed E-state index contributed by atoms with van der Waals surface area (Å²) >= 11 is 0. The molecule has 1 aromatic rings. The highest BCUT2D eigenvalue weighted by molar-refractivity contribution is 5.90. The summed E-state index contributed by atoms with van der Waals surface area (Å²) in [6.45, 7) is 5.57. The summed E-state index contributed by atoms with van der Waals surface area (Å²) in [5, 5.41) is 0. The fraction of sp³-hybridized carbons (Fsp3) is 0.647. The molecule has 0 aromatic carbocycles. The molecule has 0 bridgehead atoms. The number of hydrogen-bond donors (Lipinski definition) is 0. The summed E-state index contributed by atoms with van der Waals surface area (Å²) in [5.41, 5.74) is 2.23. The lowest BCUT2D eigenvalue weighted by Crippen LogP contribution is -2.47. The van der Waals surface area contributed by atoms with Crippen molar-refractivity contribution in [2.45, 2.75) is 44.6 Å². The molecule has 4 heteroatoms. The number of morpholine rings is 1. The van der Waals surface area contributed by atoms with E-state index in [1.54, 1.807) is 6.20 Å². The Morgan fingerprint density at radius 3 is 3.29 bits per heavy atom. The molecule has 114 valence electrons. The van der Waals surface area contributed by atoms with Gasteiger partial charge < -0.3 is 4.74 Å². The number of hydrogen-bond acceptors (Lipinski definition) is 4. The third-order valence-electron chi connectivity index (χ3n) is 4.55. The quantitative estimate of drug-likeness (QED) is 0.851. The molecule has 2 unspecified atom stereocenters. The van der Waals surface area contributed by atoms with E-state index in [9.17, 15) is 4.79 Å². The van der Waals surface area contributed by atoms with Gasteiger partial charge in [0.2, 0.25) is 0 Å². The second kappa shape index (κ2) is 6.67. The van der Waals surface area contributed by atoms with Gasteiger partial charge in [-0.1, -0.05) is 13.0 Å². The first-order chi connectivity index (χ1) is 10.3. The molecule has 1 aliphatic heterocycles. The summed E-state index contributed by atoms with van der Waals surface area (Å²) in [7, 11) is 0. The molecular weight excluding hydrogens is 264 g/mol. The van der Waals surface area contributed by atoms with Crippen LogP contribution < -0.4 is 0 Å². The van der Waals surface area contributed by atoms with Crippen LogP contribution in [0.5, 0.6) is 0 Å². The van der Waals surface area contributed by atoms with Gasteiger partial charge in [-0.05, 0) is 43.9 Å². The van der Waals surface area contributed by atoms with Gasteiger partial charge in [0, 0.05) is 19.3 Å². The molecule has 2 atom stereocenters. The van der Waals surface area contributed by atoms with E-state index in [0.717, 1.165) is 51.0 Å². The minimum Gasteiger partial charge on any atom is -0.368 e. The van der Waals surface area contributed by atoms with Crippen molar-refractivity contribution >= 4 is 5.78 Å². The van der Waals surface area contributed by atoms with E-state index < -0.39 is 0 Å². The van der Waals surface area contributed by atoms with Gasteiger partial charge in [0.1, 0.15) is 6.10 Å². The Balaban J connectivity index is 1.74. The number of carbonyl (C=O) groups excluding carboxylic acids is 1. The van der Waals surface area contributed by atoms with Crippen LogP contribution in [0, 0.1) is 0 Å². The highest BCUT2D eigenvalue weighted by Crippen LogP contribution is 2.32. The van der Waals surface area contributed by atoms with E-state index in [1.807, 2.05) is 6.07 Å². The Hall–Kier alpha value is -1.26. The van der Waals surface area contributed by atoms with Crippen molar-refractivity contribution in [2.75, 3.05) is 26.2 Å². The number of aryl methyl sites for hydroxylation is 1. The average molecular weight is 288 g/mol. The van der Waals surface area contributed by atoms with Crippen molar-refractivity contribution in [3.63, 3.8) is 0 Å². The Kier molecular flexibility index (Phi) is 4.66. The average Bonchev–Trinajstić information content (AvgIpc) is 2.54. The highest BCUT2D eigenvalue weighted by Gasteiger charge is 2.35. The number of aromatic nitrogens is 1. The largest absolute Gasteiger partial charge is 0.368 e. The summed E-state index contributed by atoms with van der Waals surface area (Å²) in [6.07, 6.45) is 5.67. The second-order valence-corrected chi connectivity index (χ2v) is 6.05. The van der Waals surface area contributed by atoms with E-state index >= 15 is 0 Å². The lowest BCUT2D eigenvalue weighted by molar-refractivity contribution is -0.138. The van der Waals surface area contributed by atoms with Gasteiger partial charge in [0.15, 0.2) is 5.78 Å². The van der Waals surface area contributed by atoms with Crippen molar-refractivity contribution in [2.24, 2.45) is 0 Å². The maximum atomic E-state index is 12.9. The topological polar surface area (TPSA) is 42.4 Å².